The van der Waals surface area contributed by atoms with E-state index >= 15 is 0 Å². The maximum atomic E-state index is 12.2. The van der Waals surface area contributed by atoms with Gasteiger partial charge in [-0.05, 0) is 52.4 Å². The topological polar surface area (TPSA) is 139 Å². The summed E-state index contributed by atoms with van der Waals surface area (Å²) in [5, 5.41) is 0. The number of rotatable bonds is 16. The van der Waals surface area contributed by atoms with Gasteiger partial charge in [0.2, 0.25) is 0 Å². The molecule has 0 aromatic heterocycles. The fourth-order valence-electron chi connectivity index (χ4n) is 4.06. The summed E-state index contributed by atoms with van der Waals surface area (Å²) in [5.41, 5.74) is -2.23. The maximum Gasteiger partial charge on any atom is 0.268 e. The second-order valence-corrected chi connectivity index (χ2v) is 15.3. The van der Waals surface area contributed by atoms with Crippen molar-refractivity contribution in [1.29, 1.82) is 0 Å². The molecule has 2 fully saturated rings. The molecule has 4 atom stereocenters. The zero-order chi connectivity index (χ0) is 25.9. The van der Waals surface area contributed by atoms with Crippen molar-refractivity contribution in [3.63, 3.8) is 0 Å². The normalized spacial score (nSPS) is 22.5. The van der Waals surface area contributed by atoms with Gasteiger partial charge in [0.1, 0.15) is 0 Å². The second-order valence-electron chi connectivity index (χ2n) is 9.15. The Balaban J connectivity index is 1.63. The Labute approximate surface area is 215 Å². The third-order valence-corrected chi connectivity index (χ3v) is 11.1. The van der Waals surface area contributed by atoms with Crippen LogP contribution in [0.25, 0.3) is 0 Å². The Morgan fingerprint density at radius 2 is 0.971 bits per heavy atom. The fourth-order valence-corrected chi connectivity index (χ4v) is 8.65. The van der Waals surface area contributed by atoms with Crippen LogP contribution in [0.1, 0.15) is 97.3 Å². The van der Waals surface area contributed by atoms with Gasteiger partial charge in [0.25, 0.3) is 20.2 Å². The summed E-state index contributed by atoms with van der Waals surface area (Å²) in [6.45, 7) is 2.78. The Hall–Kier alpha value is 0.0400. The Bertz CT molecular complexity index is 806. The first-order valence-electron chi connectivity index (χ1n) is 12.4. The van der Waals surface area contributed by atoms with Gasteiger partial charge >= 0.3 is 0 Å². The lowest BCUT2D eigenvalue weighted by molar-refractivity contribution is 0.161. The zero-order valence-corrected chi connectivity index (χ0v) is 23.9. The molecule has 2 saturated carbocycles. The molecule has 2 aliphatic rings. The van der Waals surface area contributed by atoms with E-state index in [9.17, 15) is 25.3 Å². The number of hydrogen-bond donors (Lipinski definition) is 0. The minimum atomic E-state index is -3.94. The molecule has 0 saturated heterocycles. The van der Waals surface area contributed by atoms with E-state index in [-0.39, 0.29) is 36.6 Å². The highest BCUT2D eigenvalue weighted by Crippen LogP contribution is 2.23. The summed E-state index contributed by atoms with van der Waals surface area (Å²) in [6.07, 6.45) is 9.84. The van der Waals surface area contributed by atoms with Crippen LogP contribution in [0.5, 0.6) is 0 Å². The van der Waals surface area contributed by atoms with Crippen LogP contribution in [0.15, 0.2) is 0 Å². The standard InChI is InChI=1S/C21H40O10S4/c1-18(32(22)28-20-12-6-3-7-13-20)30-34(24,25)16-10-5-11-17-35(26,27)31-19(2)33(23)29-21-14-8-4-9-15-21/h18-21H,3-17H2,1-2H3. The quantitative estimate of drug-likeness (QED) is 0.197. The van der Waals surface area contributed by atoms with Gasteiger partial charge in [-0.15, -0.1) is 0 Å². The number of hydrogen-bond acceptors (Lipinski definition) is 10. The lowest BCUT2D eigenvalue weighted by atomic mass is 9.98. The van der Waals surface area contributed by atoms with Gasteiger partial charge in [-0.25, -0.2) is 8.42 Å². The third-order valence-electron chi connectivity index (χ3n) is 5.96. The Morgan fingerprint density at radius 3 is 1.31 bits per heavy atom. The molecule has 2 rings (SSSR count). The number of unbranched alkanes of at least 4 members (excludes halogenated alkanes) is 2. The van der Waals surface area contributed by atoms with Crippen LogP contribution in [0.4, 0.5) is 0 Å². The smallest absolute Gasteiger partial charge is 0.268 e. The van der Waals surface area contributed by atoms with Gasteiger partial charge in [-0.1, -0.05) is 44.9 Å². The zero-order valence-electron chi connectivity index (χ0n) is 20.6. The van der Waals surface area contributed by atoms with E-state index in [1.807, 2.05) is 0 Å². The van der Waals surface area contributed by atoms with Crippen molar-refractivity contribution < 1.29 is 42.0 Å². The van der Waals surface area contributed by atoms with Crippen molar-refractivity contribution >= 4 is 42.4 Å². The van der Waals surface area contributed by atoms with Crippen LogP contribution in [0.2, 0.25) is 0 Å². The SMILES string of the molecule is CC(OS(=O)(=O)CCCCCS(=O)(=O)OC(C)S(=O)OC1CCCCC1)S(=O)OC1CCCCC1. The van der Waals surface area contributed by atoms with Crippen LogP contribution >= 0.6 is 0 Å². The summed E-state index contributed by atoms with van der Waals surface area (Å²) < 4.78 is 94.0. The van der Waals surface area contributed by atoms with Gasteiger partial charge in [0, 0.05) is 0 Å². The predicted molar refractivity (Wildman–Crippen MR) is 135 cm³/mol. The van der Waals surface area contributed by atoms with E-state index < -0.39 is 53.3 Å². The average molecular weight is 581 g/mol. The monoisotopic (exact) mass is 580 g/mol. The van der Waals surface area contributed by atoms with E-state index in [0.29, 0.717) is 6.42 Å². The lowest BCUT2D eigenvalue weighted by Gasteiger charge is -2.22. The van der Waals surface area contributed by atoms with Gasteiger partial charge in [0.15, 0.2) is 33.0 Å². The summed E-state index contributed by atoms with van der Waals surface area (Å²) in [5.74, 6) is -0.650. The largest absolute Gasteiger partial charge is 0.285 e. The molecule has 0 aliphatic heterocycles. The van der Waals surface area contributed by atoms with Crippen LogP contribution in [-0.2, 0) is 59.1 Å². The van der Waals surface area contributed by atoms with Crippen molar-refractivity contribution in [2.24, 2.45) is 0 Å². The molecule has 10 nitrogen and oxygen atoms in total. The maximum absolute atomic E-state index is 12.2. The van der Waals surface area contributed by atoms with Gasteiger partial charge in [-0.3, -0.25) is 16.7 Å². The predicted octanol–water partition coefficient (Wildman–Crippen LogP) is 3.57. The molecule has 0 spiro atoms. The molecule has 14 heteroatoms. The van der Waals surface area contributed by atoms with Crippen molar-refractivity contribution in [1.82, 2.24) is 0 Å². The molecule has 35 heavy (non-hydrogen) atoms. The van der Waals surface area contributed by atoms with E-state index in [0.717, 1.165) is 64.2 Å². The van der Waals surface area contributed by atoms with Crippen molar-refractivity contribution in [3.8, 4) is 0 Å². The fraction of sp³-hybridized carbons (Fsp3) is 1.00. The van der Waals surface area contributed by atoms with Crippen molar-refractivity contribution in [2.45, 2.75) is 120 Å². The molecule has 2 aliphatic carbocycles. The minimum absolute atomic E-state index is 0.138. The molecule has 0 N–H and O–H groups in total. The molecule has 208 valence electrons. The van der Waals surface area contributed by atoms with Gasteiger partial charge in [-0.2, -0.15) is 16.8 Å². The van der Waals surface area contributed by atoms with Crippen LogP contribution in [0.3, 0.4) is 0 Å². The minimum Gasteiger partial charge on any atom is -0.285 e. The van der Waals surface area contributed by atoms with Gasteiger partial charge < -0.3 is 0 Å². The molecule has 4 unspecified atom stereocenters. The summed E-state index contributed by atoms with van der Waals surface area (Å²) in [4.78, 5) is 0. The first-order chi connectivity index (χ1) is 16.5. The summed E-state index contributed by atoms with van der Waals surface area (Å²) in [6, 6.07) is 0. The highest BCUT2D eigenvalue weighted by molar-refractivity contribution is 7.88. The van der Waals surface area contributed by atoms with Crippen LogP contribution in [0, 0.1) is 0 Å². The highest BCUT2D eigenvalue weighted by atomic mass is 32.2. The average Bonchev–Trinajstić information content (AvgIpc) is 2.79. The van der Waals surface area contributed by atoms with E-state index in [4.69, 9.17) is 16.7 Å². The molecule has 0 radical (unpaired) electrons. The van der Waals surface area contributed by atoms with Crippen LogP contribution < -0.4 is 0 Å². The molecular formula is C21H40O10S4. The highest BCUT2D eigenvalue weighted by Gasteiger charge is 2.27. The Kier molecular flexibility index (Phi) is 13.8. The second kappa shape index (κ2) is 15.5. The molecule has 0 aromatic rings. The molecule has 0 heterocycles. The van der Waals surface area contributed by atoms with E-state index in [1.54, 1.807) is 0 Å². The molecular weight excluding hydrogens is 540 g/mol. The molecule has 0 amide bonds. The van der Waals surface area contributed by atoms with Crippen LogP contribution in [-0.4, -0.2) is 59.8 Å². The Morgan fingerprint density at radius 1 is 0.629 bits per heavy atom. The van der Waals surface area contributed by atoms with E-state index in [2.05, 4.69) is 0 Å². The first kappa shape index (κ1) is 31.3. The lowest BCUT2D eigenvalue weighted by Crippen LogP contribution is -2.27. The van der Waals surface area contributed by atoms with Crippen molar-refractivity contribution in [3.05, 3.63) is 0 Å². The summed E-state index contributed by atoms with van der Waals surface area (Å²) >= 11 is -3.75. The van der Waals surface area contributed by atoms with Crippen molar-refractivity contribution in [2.75, 3.05) is 11.5 Å². The van der Waals surface area contributed by atoms with E-state index in [1.165, 1.54) is 13.8 Å². The molecule has 0 aromatic carbocycles. The first-order valence-corrected chi connectivity index (χ1v) is 17.9. The molecule has 0 bridgehead atoms. The summed E-state index contributed by atoms with van der Waals surface area (Å²) in [7, 11) is -7.88. The third kappa shape index (κ3) is 12.9. The van der Waals surface area contributed by atoms with Gasteiger partial charge in [0.05, 0.1) is 23.7 Å².